The van der Waals surface area contributed by atoms with Gasteiger partial charge in [-0.2, -0.15) is 9.78 Å². The van der Waals surface area contributed by atoms with Crippen molar-refractivity contribution in [3.8, 4) is 23.1 Å². The molecule has 9 nitrogen and oxygen atoms in total. The molecule has 12 heteroatoms. The van der Waals surface area contributed by atoms with Crippen molar-refractivity contribution in [2.75, 3.05) is 6.61 Å². The van der Waals surface area contributed by atoms with Gasteiger partial charge in [0.2, 0.25) is 5.82 Å². The Bertz CT molecular complexity index is 2190. The van der Waals surface area contributed by atoms with Gasteiger partial charge in [-0.1, -0.05) is 51.8 Å². The lowest BCUT2D eigenvalue weighted by molar-refractivity contribution is 0.0696. The molecule has 0 aliphatic heterocycles. The highest BCUT2D eigenvalue weighted by molar-refractivity contribution is 9.10. The van der Waals surface area contributed by atoms with Gasteiger partial charge in [-0.05, 0) is 83.0 Å². The maximum Gasteiger partial charge on any atom is 0.335 e. The molecule has 226 valence electrons. The molecule has 2 aromatic heterocycles. The van der Waals surface area contributed by atoms with Crippen LogP contribution in [0.4, 0.5) is 0 Å². The third-order valence-corrected chi connectivity index (χ3v) is 8.71. The first-order valence-electron chi connectivity index (χ1n) is 13.6. The number of halogens is 3. The first-order valence-corrected chi connectivity index (χ1v) is 15.6. The summed E-state index contributed by atoms with van der Waals surface area (Å²) in [5.74, 6) is 0.160. The lowest BCUT2D eigenvalue weighted by Crippen LogP contribution is -2.20. The van der Waals surface area contributed by atoms with E-state index in [2.05, 4.69) is 37.0 Å². The van der Waals surface area contributed by atoms with Gasteiger partial charge in [0.15, 0.2) is 17.3 Å². The molecule has 0 atom stereocenters. The van der Waals surface area contributed by atoms with Crippen LogP contribution >= 0.6 is 43.5 Å². The summed E-state index contributed by atoms with van der Waals surface area (Å²) >= 11 is 13.8. The Morgan fingerprint density at radius 1 is 1.07 bits per heavy atom. The van der Waals surface area contributed by atoms with Gasteiger partial charge < -0.3 is 19.0 Å². The van der Waals surface area contributed by atoms with Gasteiger partial charge in [-0.3, -0.25) is 4.79 Å². The number of carboxylic acids is 1. The molecular weight excluding hydrogens is 730 g/mol. The van der Waals surface area contributed by atoms with Crippen LogP contribution in [0.1, 0.15) is 28.4 Å². The minimum absolute atomic E-state index is 0.0520. The van der Waals surface area contributed by atoms with Crippen molar-refractivity contribution in [3.05, 3.63) is 120 Å². The molecule has 0 fully saturated rings. The molecule has 0 amide bonds. The Balaban J connectivity index is 1.41. The van der Waals surface area contributed by atoms with Crippen molar-refractivity contribution < 1.29 is 23.8 Å². The molecule has 0 unspecified atom stereocenters. The average molecular weight is 752 g/mol. The molecule has 2 heterocycles. The second kappa shape index (κ2) is 12.9. The van der Waals surface area contributed by atoms with E-state index >= 15 is 0 Å². The minimum atomic E-state index is -1.03. The number of fused-ring (bicyclic) bond motifs is 2. The molecule has 6 aromatic rings. The van der Waals surface area contributed by atoms with Crippen LogP contribution in [-0.4, -0.2) is 33.6 Å². The summed E-state index contributed by atoms with van der Waals surface area (Å²) in [7, 11) is 0. The van der Waals surface area contributed by atoms with Gasteiger partial charge in [0, 0.05) is 19.9 Å². The fourth-order valence-electron chi connectivity index (χ4n) is 4.68. The van der Waals surface area contributed by atoms with Crippen molar-refractivity contribution in [3.63, 3.8) is 0 Å². The summed E-state index contributed by atoms with van der Waals surface area (Å²) < 4.78 is 20.5. The van der Waals surface area contributed by atoms with Crippen LogP contribution in [-0.2, 0) is 6.61 Å². The maximum atomic E-state index is 13.7. The maximum absolute atomic E-state index is 13.7. The van der Waals surface area contributed by atoms with Crippen LogP contribution < -0.4 is 15.0 Å². The van der Waals surface area contributed by atoms with Gasteiger partial charge in [-0.25, -0.2) is 9.78 Å². The summed E-state index contributed by atoms with van der Waals surface area (Å²) in [5, 5.41) is 15.3. The second-order valence-corrected chi connectivity index (χ2v) is 11.8. The van der Waals surface area contributed by atoms with E-state index in [4.69, 9.17) is 30.5 Å². The molecule has 0 aliphatic rings. The molecule has 45 heavy (non-hydrogen) atoms. The van der Waals surface area contributed by atoms with Crippen molar-refractivity contribution in [1.82, 2.24) is 9.66 Å². The Hall–Kier alpha value is -4.45. The highest BCUT2D eigenvalue weighted by atomic mass is 79.9. The summed E-state index contributed by atoms with van der Waals surface area (Å²) in [4.78, 5) is 29.8. The van der Waals surface area contributed by atoms with E-state index in [0.29, 0.717) is 50.2 Å². The monoisotopic (exact) mass is 749 g/mol. The van der Waals surface area contributed by atoms with E-state index in [-0.39, 0.29) is 34.3 Å². The molecule has 0 aliphatic carbocycles. The van der Waals surface area contributed by atoms with Crippen molar-refractivity contribution in [2.45, 2.75) is 13.5 Å². The van der Waals surface area contributed by atoms with E-state index in [1.165, 1.54) is 23.0 Å². The lowest BCUT2D eigenvalue weighted by atomic mass is 10.1. The second-order valence-electron chi connectivity index (χ2n) is 9.76. The summed E-state index contributed by atoms with van der Waals surface area (Å²) in [5.41, 5.74) is 2.04. The zero-order chi connectivity index (χ0) is 31.7. The van der Waals surface area contributed by atoms with Gasteiger partial charge in [-0.15, -0.1) is 0 Å². The van der Waals surface area contributed by atoms with E-state index in [1.807, 2.05) is 31.2 Å². The summed E-state index contributed by atoms with van der Waals surface area (Å²) in [6.45, 7) is 2.19. The number of para-hydroxylation sites is 1. The molecule has 0 saturated heterocycles. The van der Waals surface area contributed by atoms with Gasteiger partial charge in [0.1, 0.15) is 17.2 Å². The van der Waals surface area contributed by atoms with Crippen LogP contribution in [0.3, 0.4) is 0 Å². The van der Waals surface area contributed by atoms with Crippen molar-refractivity contribution >= 4 is 77.5 Å². The molecule has 0 bridgehead atoms. The molecule has 4 aromatic carbocycles. The Morgan fingerprint density at radius 3 is 2.69 bits per heavy atom. The van der Waals surface area contributed by atoms with Crippen LogP contribution in [0.25, 0.3) is 33.5 Å². The predicted molar refractivity (Wildman–Crippen MR) is 180 cm³/mol. The largest absolute Gasteiger partial charge is 0.490 e. The number of rotatable bonds is 9. The lowest BCUT2D eigenvalue weighted by Gasteiger charge is -2.16. The fraction of sp³-hybridized carbons (Fsp3) is 0.0909. The predicted octanol–water partition coefficient (Wildman–Crippen LogP) is 8.55. The molecule has 1 N–H and O–H groups in total. The smallest absolute Gasteiger partial charge is 0.335 e. The normalized spacial score (nSPS) is 11.5. The highest BCUT2D eigenvalue weighted by Gasteiger charge is 2.20. The van der Waals surface area contributed by atoms with E-state index in [0.717, 1.165) is 9.86 Å². The Morgan fingerprint density at radius 2 is 1.89 bits per heavy atom. The number of furan rings is 1. The molecule has 0 saturated carbocycles. The molecule has 6 rings (SSSR count). The third kappa shape index (κ3) is 6.24. The van der Waals surface area contributed by atoms with Gasteiger partial charge in [0.05, 0.1) is 29.3 Å². The van der Waals surface area contributed by atoms with Crippen molar-refractivity contribution in [2.24, 2.45) is 5.10 Å². The van der Waals surface area contributed by atoms with E-state index in [1.54, 1.807) is 42.5 Å². The zero-order valence-electron chi connectivity index (χ0n) is 23.5. The SMILES string of the molecule is CCOc1cc(C=Nn2c(-c3cc4cc(Br)ccc4o3)nc3ccccc3c2=O)c(Br)c(Cl)c1OCc1cccc(C(=O)O)c1. The van der Waals surface area contributed by atoms with Crippen LogP contribution in [0.2, 0.25) is 5.02 Å². The zero-order valence-corrected chi connectivity index (χ0v) is 27.4. The first-order chi connectivity index (χ1) is 21.7. The number of carbonyl (C=O) groups is 1. The van der Waals surface area contributed by atoms with E-state index < -0.39 is 5.97 Å². The number of benzene rings is 4. The summed E-state index contributed by atoms with van der Waals surface area (Å²) in [6, 6.07) is 22.6. The standard InChI is InChI=1S/C33H22Br2ClN3O6/c1-2-43-26-15-21(28(35)29(36)30(26)44-17-18-6-5-7-19(12-18)33(41)42)16-37-39-31(38-24-9-4-3-8-23(24)32(39)40)27-14-20-13-22(34)10-11-25(20)45-27/h3-16H,2,17H2,1H3,(H,41,42). The molecule has 0 spiro atoms. The average Bonchev–Trinajstić information content (AvgIpc) is 3.46. The van der Waals surface area contributed by atoms with Gasteiger partial charge in [0.25, 0.3) is 5.56 Å². The number of aromatic carboxylic acids is 1. The quantitative estimate of drug-likeness (QED) is 0.147. The minimum Gasteiger partial charge on any atom is -0.490 e. The topological polar surface area (TPSA) is 116 Å². The molecular formula is C33H22Br2ClN3O6. The molecule has 0 radical (unpaired) electrons. The third-order valence-electron chi connectivity index (χ3n) is 6.78. The van der Waals surface area contributed by atoms with Crippen molar-refractivity contribution in [1.29, 1.82) is 0 Å². The van der Waals surface area contributed by atoms with Gasteiger partial charge >= 0.3 is 5.97 Å². The Kier molecular flexibility index (Phi) is 8.75. The number of carboxylic acid groups (broad SMARTS) is 1. The number of ether oxygens (including phenoxy) is 2. The number of aromatic nitrogens is 2. The Labute approximate surface area is 277 Å². The first kappa shape index (κ1) is 30.6. The number of hydrogen-bond acceptors (Lipinski definition) is 7. The van der Waals surface area contributed by atoms with Crippen LogP contribution in [0, 0.1) is 0 Å². The number of nitrogens with zero attached hydrogens (tertiary/aromatic N) is 3. The summed E-state index contributed by atoms with van der Waals surface area (Å²) in [6.07, 6.45) is 1.47. The highest BCUT2D eigenvalue weighted by Crippen LogP contribution is 2.43. The van der Waals surface area contributed by atoms with E-state index in [9.17, 15) is 14.7 Å². The number of hydrogen-bond donors (Lipinski definition) is 1. The van der Waals surface area contributed by atoms with Crippen LogP contribution in [0.5, 0.6) is 11.5 Å². The fourth-order valence-corrected chi connectivity index (χ4v) is 5.71. The van der Waals surface area contributed by atoms with Crippen LogP contribution in [0.15, 0.2) is 102 Å².